The topological polar surface area (TPSA) is 57.1 Å². The van der Waals surface area contributed by atoms with E-state index in [1.54, 1.807) is 11.1 Å². The molecule has 1 amide bonds. The van der Waals surface area contributed by atoms with Gasteiger partial charge in [-0.2, -0.15) is 0 Å². The predicted octanol–water partition coefficient (Wildman–Crippen LogP) is 2.37. The molecule has 2 aromatic carbocycles. The average Bonchev–Trinajstić information content (AvgIpc) is 2.67. The van der Waals surface area contributed by atoms with Crippen LogP contribution < -0.4 is 15.9 Å². The molecule has 0 saturated heterocycles. The van der Waals surface area contributed by atoms with Crippen LogP contribution in [-0.4, -0.2) is 21.8 Å². The van der Waals surface area contributed by atoms with Crippen molar-refractivity contribution in [3.8, 4) is 0 Å². The molecule has 0 bridgehead atoms. The van der Waals surface area contributed by atoms with Gasteiger partial charge in [0.2, 0.25) is 0 Å². The maximum atomic E-state index is 12.9. The van der Waals surface area contributed by atoms with Crippen LogP contribution in [0.15, 0.2) is 65.2 Å². The fourth-order valence-electron chi connectivity index (χ4n) is 3.27. The number of nitrogens with one attached hydrogen (secondary N) is 1. The standard InChI is InChI=1S/C21H20N4OS/c1-4-11-27-21-23-20(26)18-15-7-5-6-8-17(15)22-19(25(18)24-21)16-12-13(2)9-10-14(16)3/h4-10,12,19H,1,11H2,2-3H3,(H,23,24,26)/t19-/m0/s1. The second-order valence-electron chi connectivity index (χ2n) is 6.53. The Morgan fingerprint density at radius 3 is 2.89 bits per heavy atom. The Balaban J connectivity index is 1.94. The van der Waals surface area contributed by atoms with Crippen LogP contribution in [-0.2, 0) is 4.79 Å². The Labute approximate surface area is 162 Å². The van der Waals surface area contributed by atoms with Crippen molar-refractivity contribution in [1.29, 1.82) is 0 Å². The molecule has 0 aliphatic carbocycles. The molecule has 0 unspecified atom stereocenters. The summed E-state index contributed by atoms with van der Waals surface area (Å²) in [4.78, 5) is 17.9. The second kappa shape index (κ2) is 7.04. The van der Waals surface area contributed by atoms with Gasteiger partial charge in [0.05, 0.1) is 5.36 Å². The molecule has 5 nitrogen and oxygen atoms in total. The number of rotatable bonds is 3. The zero-order valence-electron chi connectivity index (χ0n) is 15.3. The zero-order valence-corrected chi connectivity index (χ0v) is 16.1. The molecule has 0 spiro atoms. The van der Waals surface area contributed by atoms with Gasteiger partial charge in [-0.15, -0.1) is 11.7 Å². The van der Waals surface area contributed by atoms with Crippen molar-refractivity contribution in [2.24, 2.45) is 10.1 Å². The lowest BCUT2D eigenvalue weighted by Crippen LogP contribution is -2.50. The van der Waals surface area contributed by atoms with E-state index in [1.165, 1.54) is 11.8 Å². The third-order valence-electron chi connectivity index (χ3n) is 4.57. The van der Waals surface area contributed by atoms with Gasteiger partial charge >= 0.3 is 0 Å². The van der Waals surface area contributed by atoms with Gasteiger partial charge < -0.3 is 0 Å². The average molecular weight is 376 g/mol. The van der Waals surface area contributed by atoms with Gasteiger partial charge in [-0.25, -0.2) is 5.01 Å². The summed E-state index contributed by atoms with van der Waals surface area (Å²) in [5.41, 5.74) is 3.86. The Morgan fingerprint density at radius 2 is 2.07 bits per heavy atom. The lowest BCUT2D eigenvalue weighted by atomic mass is 10.0. The van der Waals surface area contributed by atoms with E-state index in [0.29, 0.717) is 16.6 Å². The van der Waals surface area contributed by atoms with E-state index >= 15 is 0 Å². The number of hydrogen-bond donors (Lipinski definition) is 1. The van der Waals surface area contributed by atoms with Gasteiger partial charge in [0.1, 0.15) is 5.70 Å². The molecule has 4 rings (SSSR count). The third kappa shape index (κ3) is 3.17. The van der Waals surface area contributed by atoms with E-state index in [4.69, 9.17) is 10.1 Å². The highest BCUT2D eigenvalue weighted by atomic mass is 32.2. The highest BCUT2D eigenvalue weighted by Crippen LogP contribution is 2.32. The predicted molar refractivity (Wildman–Crippen MR) is 109 cm³/mol. The number of para-hydroxylation sites is 1. The van der Waals surface area contributed by atoms with Crippen molar-refractivity contribution in [3.63, 3.8) is 0 Å². The van der Waals surface area contributed by atoms with E-state index in [9.17, 15) is 4.79 Å². The first-order chi connectivity index (χ1) is 13.1. The first-order valence-corrected chi connectivity index (χ1v) is 9.74. The molecule has 6 heteroatoms. The summed E-state index contributed by atoms with van der Waals surface area (Å²) in [6.45, 7) is 7.85. The van der Waals surface area contributed by atoms with E-state index < -0.39 is 0 Å². The molecule has 0 saturated carbocycles. The minimum absolute atomic E-state index is 0.158. The first kappa shape index (κ1) is 17.5. The Morgan fingerprint density at radius 1 is 1.26 bits per heavy atom. The molecule has 2 aliphatic heterocycles. The molecular weight excluding hydrogens is 356 g/mol. The summed E-state index contributed by atoms with van der Waals surface area (Å²) in [6, 6.07) is 14.0. The summed E-state index contributed by atoms with van der Waals surface area (Å²) in [6.07, 6.45) is 1.41. The number of hydrazone groups is 1. The molecule has 136 valence electrons. The number of hydrogen-bond acceptors (Lipinski definition) is 5. The van der Waals surface area contributed by atoms with Gasteiger partial charge in [-0.1, -0.05) is 59.8 Å². The quantitative estimate of drug-likeness (QED) is 0.837. The molecule has 27 heavy (non-hydrogen) atoms. The van der Waals surface area contributed by atoms with Gasteiger partial charge in [0.15, 0.2) is 11.3 Å². The Kier molecular flexibility index (Phi) is 4.58. The maximum Gasteiger partial charge on any atom is 0.276 e. The van der Waals surface area contributed by atoms with E-state index in [2.05, 4.69) is 43.9 Å². The summed E-state index contributed by atoms with van der Waals surface area (Å²) in [7, 11) is 0. The zero-order chi connectivity index (χ0) is 19.0. The van der Waals surface area contributed by atoms with Crippen molar-refractivity contribution in [2.75, 3.05) is 5.75 Å². The van der Waals surface area contributed by atoms with Gasteiger partial charge in [0, 0.05) is 16.5 Å². The number of fused-ring (bicyclic) bond motifs is 2. The van der Waals surface area contributed by atoms with Crippen molar-refractivity contribution >= 4 is 28.5 Å². The second-order valence-corrected chi connectivity index (χ2v) is 7.54. The maximum absolute atomic E-state index is 12.9. The van der Waals surface area contributed by atoms with Crippen LogP contribution in [0, 0.1) is 13.8 Å². The largest absolute Gasteiger partial charge is 0.298 e. The summed E-state index contributed by atoms with van der Waals surface area (Å²) in [5, 5.41) is 11.5. The lowest BCUT2D eigenvalue weighted by Gasteiger charge is -2.34. The first-order valence-electron chi connectivity index (χ1n) is 8.75. The number of amides is 1. The highest BCUT2D eigenvalue weighted by Gasteiger charge is 2.34. The number of nitrogens with zero attached hydrogens (tertiary/aromatic N) is 3. The monoisotopic (exact) mass is 376 g/mol. The molecule has 2 aliphatic rings. The third-order valence-corrected chi connectivity index (χ3v) is 5.43. The fourth-order valence-corrected chi connectivity index (χ4v) is 3.86. The van der Waals surface area contributed by atoms with Crippen LogP contribution in [0.4, 0.5) is 0 Å². The van der Waals surface area contributed by atoms with Crippen LogP contribution in [0.2, 0.25) is 0 Å². The number of thioether (sulfide) groups is 1. The van der Waals surface area contributed by atoms with Crippen molar-refractivity contribution in [2.45, 2.75) is 20.0 Å². The SMILES string of the molecule is C=CCSC1=NN2C(=c3ccccc3=N[C@@H]2c2cc(C)ccc2C)C(=O)N1. The molecule has 1 N–H and O–H groups in total. The Bertz CT molecular complexity index is 1090. The minimum Gasteiger partial charge on any atom is -0.298 e. The molecule has 0 fully saturated rings. The summed E-state index contributed by atoms with van der Waals surface area (Å²) >= 11 is 1.45. The number of carbonyl (C=O) groups is 1. The van der Waals surface area contributed by atoms with Gasteiger partial charge in [-0.3, -0.25) is 15.1 Å². The molecule has 0 radical (unpaired) electrons. The highest BCUT2D eigenvalue weighted by molar-refractivity contribution is 8.14. The lowest BCUT2D eigenvalue weighted by molar-refractivity contribution is -0.116. The molecule has 2 aromatic rings. The molecule has 0 aromatic heterocycles. The molecule has 1 atom stereocenters. The van der Waals surface area contributed by atoms with E-state index in [-0.39, 0.29) is 12.1 Å². The number of aryl methyl sites for hydroxylation is 2. The minimum atomic E-state index is -0.375. The number of benzene rings is 2. The normalized spacial score (nSPS) is 18.1. The van der Waals surface area contributed by atoms with Crippen LogP contribution >= 0.6 is 11.8 Å². The molecule has 2 heterocycles. The van der Waals surface area contributed by atoms with Gasteiger partial charge in [-0.05, 0) is 25.5 Å². The van der Waals surface area contributed by atoms with E-state index in [0.717, 1.165) is 27.3 Å². The fraction of sp³-hybridized carbons (Fsp3) is 0.190. The van der Waals surface area contributed by atoms with E-state index in [1.807, 2.05) is 24.3 Å². The number of amidine groups is 1. The van der Waals surface area contributed by atoms with Crippen LogP contribution in [0.3, 0.4) is 0 Å². The smallest absolute Gasteiger partial charge is 0.276 e. The molecular formula is C21H20N4OS. The van der Waals surface area contributed by atoms with Crippen molar-refractivity contribution in [1.82, 2.24) is 10.3 Å². The van der Waals surface area contributed by atoms with Crippen molar-refractivity contribution < 1.29 is 4.79 Å². The summed E-state index contributed by atoms with van der Waals surface area (Å²) < 4.78 is 0. The van der Waals surface area contributed by atoms with Crippen molar-refractivity contribution in [3.05, 3.63) is 82.4 Å². The van der Waals surface area contributed by atoms with Crippen LogP contribution in [0.25, 0.3) is 5.70 Å². The van der Waals surface area contributed by atoms with Crippen LogP contribution in [0.5, 0.6) is 0 Å². The van der Waals surface area contributed by atoms with Gasteiger partial charge in [0.25, 0.3) is 5.91 Å². The van der Waals surface area contributed by atoms with Crippen LogP contribution in [0.1, 0.15) is 22.9 Å². The number of carbonyl (C=O) groups excluding carboxylic acids is 1. The summed E-state index contributed by atoms with van der Waals surface area (Å²) in [5.74, 6) is 0.513. The Hall–Kier alpha value is -2.86.